The second-order valence-corrected chi connectivity index (χ2v) is 4.50. The highest BCUT2D eigenvalue weighted by Gasteiger charge is 2.48. The molecule has 1 aliphatic rings. The van der Waals surface area contributed by atoms with Gasteiger partial charge in [0.2, 0.25) is 11.8 Å². The van der Waals surface area contributed by atoms with E-state index < -0.39 is 11.6 Å². The van der Waals surface area contributed by atoms with Crippen molar-refractivity contribution in [2.45, 2.75) is 45.2 Å². The molecule has 1 heterocycles. The predicted octanol–water partition coefficient (Wildman–Crippen LogP) is 1.64. The third kappa shape index (κ3) is 2.32. The normalized spacial score (nSPS) is 24.2. The maximum absolute atomic E-state index is 12.1. The molecule has 1 unspecified atom stereocenters. The molecule has 5 heteroatoms. The maximum atomic E-state index is 12.1. The molecule has 1 N–H and O–H groups in total. The van der Waals surface area contributed by atoms with Gasteiger partial charge in [0.15, 0.2) is 0 Å². The van der Waals surface area contributed by atoms with E-state index in [1.54, 1.807) is 17.9 Å². The SMILES string of the molecule is CCC1(CC)C(=O)NC(C)C(=O)N1C/C=C/Cl. The van der Waals surface area contributed by atoms with Crippen LogP contribution in [0.1, 0.15) is 33.6 Å². The fourth-order valence-electron chi connectivity index (χ4n) is 2.32. The minimum Gasteiger partial charge on any atom is -0.343 e. The third-order valence-electron chi connectivity index (χ3n) is 3.47. The van der Waals surface area contributed by atoms with Crippen LogP contribution in [0.4, 0.5) is 0 Å². The summed E-state index contributed by atoms with van der Waals surface area (Å²) in [4.78, 5) is 25.9. The fourth-order valence-corrected chi connectivity index (χ4v) is 2.40. The van der Waals surface area contributed by atoms with Crippen molar-refractivity contribution in [3.05, 3.63) is 11.6 Å². The number of nitrogens with zero attached hydrogens (tertiary/aromatic N) is 1. The van der Waals surface area contributed by atoms with Gasteiger partial charge in [0, 0.05) is 12.1 Å². The Labute approximate surface area is 107 Å². The summed E-state index contributed by atoms with van der Waals surface area (Å²) in [6.45, 7) is 5.92. The van der Waals surface area contributed by atoms with Gasteiger partial charge in [-0.1, -0.05) is 31.5 Å². The van der Waals surface area contributed by atoms with Gasteiger partial charge in [-0.15, -0.1) is 0 Å². The number of carbonyl (C=O) groups is 2. The molecule has 0 aromatic rings. The van der Waals surface area contributed by atoms with Crippen LogP contribution in [0.25, 0.3) is 0 Å². The molecule has 17 heavy (non-hydrogen) atoms. The molecule has 1 aliphatic heterocycles. The minimum absolute atomic E-state index is 0.0527. The zero-order valence-corrected chi connectivity index (χ0v) is 11.3. The van der Waals surface area contributed by atoms with E-state index in [0.29, 0.717) is 19.4 Å². The van der Waals surface area contributed by atoms with E-state index in [2.05, 4.69) is 5.32 Å². The maximum Gasteiger partial charge on any atom is 0.246 e. The quantitative estimate of drug-likeness (QED) is 0.834. The Morgan fingerprint density at radius 3 is 2.47 bits per heavy atom. The van der Waals surface area contributed by atoms with Crippen LogP contribution in [0.15, 0.2) is 11.6 Å². The summed E-state index contributed by atoms with van der Waals surface area (Å²) in [7, 11) is 0. The van der Waals surface area contributed by atoms with E-state index >= 15 is 0 Å². The fraction of sp³-hybridized carbons (Fsp3) is 0.667. The molecule has 4 nitrogen and oxygen atoms in total. The van der Waals surface area contributed by atoms with Crippen molar-refractivity contribution < 1.29 is 9.59 Å². The number of halogens is 1. The van der Waals surface area contributed by atoms with E-state index in [9.17, 15) is 9.59 Å². The molecule has 0 saturated carbocycles. The van der Waals surface area contributed by atoms with Gasteiger partial charge >= 0.3 is 0 Å². The highest BCUT2D eigenvalue weighted by molar-refractivity contribution is 6.25. The summed E-state index contributed by atoms with van der Waals surface area (Å²) in [5.41, 5.74) is 0.639. The molecule has 0 aromatic heterocycles. The minimum atomic E-state index is -0.736. The number of carbonyl (C=O) groups excluding carboxylic acids is 2. The molecule has 0 bridgehead atoms. The molecule has 1 rings (SSSR count). The van der Waals surface area contributed by atoms with Crippen LogP contribution in [0, 0.1) is 0 Å². The molecule has 0 aliphatic carbocycles. The van der Waals surface area contributed by atoms with Gasteiger partial charge in [0.1, 0.15) is 11.6 Å². The largest absolute Gasteiger partial charge is 0.343 e. The zero-order chi connectivity index (χ0) is 13.1. The smallest absolute Gasteiger partial charge is 0.246 e. The van der Waals surface area contributed by atoms with Crippen molar-refractivity contribution in [1.29, 1.82) is 0 Å². The van der Waals surface area contributed by atoms with Crippen LogP contribution in [-0.2, 0) is 9.59 Å². The van der Waals surface area contributed by atoms with Gasteiger partial charge in [0.25, 0.3) is 0 Å². The van der Waals surface area contributed by atoms with E-state index in [4.69, 9.17) is 11.6 Å². The van der Waals surface area contributed by atoms with Gasteiger partial charge in [-0.3, -0.25) is 9.59 Å². The molecule has 1 atom stereocenters. The van der Waals surface area contributed by atoms with E-state index in [0.717, 1.165) is 0 Å². The molecule has 1 saturated heterocycles. The second kappa shape index (κ2) is 5.54. The summed E-state index contributed by atoms with van der Waals surface area (Å²) < 4.78 is 0. The average Bonchev–Trinajstić information content (AvgIpc) is 2.32. The predicted molar refractivity (Wildman–Crippen MR) is 67.6 cm³/mol. The summed E-state index contributed by atoms with van der Waals surface area (Å²) in [5.74, 6) is -0.124. The summed E-state index contributed by atoms with van der Waals surface area (Å²) in [6, 6.07) is -0.461. The van der Waals surface area contributed by atoms with Crippen molar-refractivity contribution in [3.63, 3.8) is 0 Å². The lowest BCUT2D eigenvalue weighted by Crippen LogP contribution is -2.69. The van der Waals surface area contributed by atoms with Crippen molar-refractivity contribution >= 4 is 23.4 Å². The molecule has 1 fully saturated rings. The average molecular weight is 259 g/mol. The summed E-state index contributed by atoms with van der Waals surface area (Å²) in [6.07, 6.45) is 2.89. The number of hydrogen-bond acceptors (Lipinski definition) is 2. The third-order valence-corrected chi connectivity index (χ3v) is 3.65. The van der Waals surface area contributed by atoms with Crippen LogP contribution < -0.4 is 5.32 Å². The number of piperazine rings is 1. The number of hydrogen-bond donors (Lipinski definition) is 1. The molecule has 0 spiro atoms. The topological polar surface area (TPSA) is 49.4 Å². The highest BCUT2D eigenvalue weighted by Crippen LogP contribution is 2.28. The van der Waals surface area contributed by atoms with Gasteiger partial charge in [-0.2, -0.15) is 0 Å². The Hall–Kier alpha value is -1.03. The lowest BCUT2D eigenvalue weighted by molar-refractivity contribution is -0.156. The number of amides is 2. The highest BCUT2D eigenvalue weighted by atomic mass is 35.5. The lowest BCUT2D eigenvalue weighted by atomic mass is 9.86. The molecule has 0 aromatic carbocycles. The van der Waals surface area contributed by atoms with E-state index in [1.165, 1.54) is 5.54 Å². The van der Waals surface area contributed by atoms with E-state index in [1.807, 2.05) is 13.8 Å². The summed E-state index contributed by atoms with van der Waals surface area (Å²) in [5, 5.41) is 2.74. The number of nitrogens with one attached hydrogen (secondary N) is 1. The van der Waals surface area contributed by atoms with Gasteiger partial charge in [-0.05, 0) is 19.8 Å². The van der Waals surface area contributed by atoms with Gasteiger partial charge < -0.3 is 10.2 Å². The van der Waals surface area contributed by atoms with Crippen molar-refractivity contribution in [1.82, 2.24) is 10.2 Å². The Morgan fingerprint density at radius 1 is 1.41 bits per heavy atom. The van der Waals surface area contributed by atoms with Crippen molar-refractivity contribution in [2.24, 2.45) is 0 Å². The lowest BCUT2D eigenvalue weighted by Gasteiger charge is -2.46. The zero-order valence-electron chi connectivity index (χ0n) is 10.5. The van der Waals surface area contributed by atoms with Crippen molar-refractivity contribution in [2.75, 3.05) is 6.54 Å². The first kappa shape index (κ1) is 14.0. The molecular weight excluding hydrogens is 240 g/mol. The van der Waals surface area contributed by atoms with Gasteiger partial charge in [0.05, 0.1) is 0 Å². The van der Waals surface area contributed by atoms with Crippen LogP contribution >= 0.6 is 11.6 Å². The van der Waals surface area contributed by atoms with Gasteiger partial charge in [-0.25, -0.2) is 0 Å². The first-order valence-corrected chi connectivity index (χ1v) is 6.34. The Morgan fingerprint density at radius 2 is 2.00 bits per heavy atom. The standard InChI is InChI=1S/C12H19ClN2O2/c1-4-12(5-2)11(17)14-9(3)10(16)15(12)8-6-7-13/h6-7,9H,4-5,8H2,1-3H3,(H,14,17)/b7-6+. The second-order valence-electron chi connectivity index (χ2n) is 4.24. The Kier molecular flexibility index (Phi) is 4.57. The Balaban J connectivity index is 3.11. The molecule has 0 radical (unpaired) electrons. The summed E-state index contributed by atoms with van der Waals surface area (Å²) >= 11 is 5.50. The molecule has 2 amide bonds. The molecule has 96 valence electrons. The first-order valence-electron chi connectivity index (χ1n) is 5.91. The van der Waals surface area contributed by atoms with Crippen molar-refractivity contribution in [3.8, 4) is 0 Å². The first-order chi connectivity index (χ1) is 8.03. The van der Waals surface area contributed by atoms with Crippen LogP contribution in [0.5, 0.6) is 0 Å². The van der Waals surface area contributed by atoms with Crippen LogP contribution in [-0.4, -0.2) is 34.8 Å². The van der Waals surface area contributed by atoms with E-state index in [-0.39, 0.29) is 11.8 Å². The van der Waals surface area contributed by atoms with Crippen LogP contribution in [0.3, 0.4) is 0 Å². The number of rotatable bonds is 4. The Bertz CT molecular complexity index is 337. The molecular formula is C12H19ClN2O2. The monoisotopic (exact) mass is 258 g/mol. The van der Waals surface area contributed by atoms with Crippen LogP contribution in [0.2, 0.25) is 0 Å².